The van der Waals surface area contributed by atoms with Crippen LogP contribution in [0.1, 0.15) is 27.2 Å². The minimum atomic E-state index is -0.0314. The summed E-state index contributed by atoms with van der Waals surface area (Å²) in [4.78, 5) is 13.7. The quantitative estimate of drug-likeness (QED) is 0.713. The summed E-state index contributed by atoms with van der Waals surface area (Å²) < 4.78 is 0. The summed E-state index contributed by atoms with van der Waals surface area (Å²) in [6, 6.07) is 2.23. The average molecular weight is 211 g/mol. The van der Waals surface area contributed by atoms with Gasteiger partial charge >= 0.3 is 0 Å². The first-order valence-corrected chi connectivity index (χ1v) is 5.36. The van der Waals surface area contributed by atoms with Crippen LogP contribution in [0.2, 0.25) is 0 Å². The number of nitrogens with one attached hydrogen (secondary N) is 1. The summed E-state index contributed by atoms with van der Waals surface area (Å²) in [5.41, 5.74) is 0. The number of nitrogens with zero attached hydrogens (tertiary/aromatic N) is 2. The van der Waals surface area contributed by atoms with E-state index < -0.39 is 0 Å². The molecule has 0 rings (SSSR count). The van der Waals surface area contributed by atoms with E-state index in [0.29, 0.717) is 19.5 Å². The summed E-state index contributed by atoms with van der Waals surface area (Å²) in [6.45, 7) is 7.05. The Labute approximate surface area is 92.3 Å². The van der Waals surface area contributed by atoms with Crippen molar-refractivity contribution in [1.29, 1.82) is 5.26 Å². The molecule has 1 atom stereocenters. The van der Waals surface area contributed by atoms with E-state index in [1.54, 1.807) is 4.90 Å². The first-order valence-electron chi connectivity index (χ1n) is 5.36. The van der Waals surface area contributed by atoms with Crippen molar-refractivity contribution < 1.29 is 4.79 Å². The molecule has 0 aromatic heterocycles. The van der Waals surface area contributed by atoms with Crippen LogP contribution in [-0.2, 0) is 4.79 Å². The highest BCUT2D eigenvalue weighted by Gasteiger charge is 2.21. The molecule has 15 heavy (non-hydrogen) atoms. The zero-order valence-electron chi connectivity index (χ0n) is 10.1. The molecule has 0 saturated carbocycles. The highest BCUT2D eigenvalue weighted by atomic mass is 16.2. The number of rotatable bonds is 6. The van der Waals surface area contributed by atoms with Crippen molar-refractivity contribution in [2.24, 2.45) is 5.92 Å². The second-order valence-corrected chi connectivity index (χ2v) is 3.99. The van der Waals surface area contributed by atoms with E-state index in [1.807, 2.05) is 27.8 Å². The van der Waals surface area contributed by atoms with Crippen LogP contribution in [-0.4, -0.2) is 37.0 Å². The lowest BCUT2D eigenvalue weighted by atomic mass is 10.1. The monoisotopic (exact) mass is 211 g/mol. The maximum absolute atomic E-state index is 12.0. The minimum Gasteiger partial charge on any atom is -0.339 e. The molecule has 4 heteroatoms. The number of nitriles is 1. The van der Waals surface area contributed by atoms with Crippen molar-refractivity contribution in [2.75, 3.05) is 20.1 Å². The molecule has 0 aliphatic heterocycles. The molecule has 0 heterocycles. The number of hydrogen-bond acceptors (Lipinski definition) is 3. The largest absolute Gasteiger partial charge is 0.339 e. The van der Waals surface area contributed by atoms with E-state index in [0.717, 1.165) is 0 Å². The average Bonchev–Trinajstić information content (AvgIpc) is 2.18. The van der Waals surface area contributed by atoms with Crippen molar-refractivity contribution in [3.8, 4) is 6.07 Å². The summed E-state index contributed by atoms with van der Waals surface area (Å²) in [7, 11) is 1.83. The topological polar surface area (TPSA) is 56.1 Å². The molecular formula is C11H21N3O. The minimum absolute atomic E-state index is 0.0314. The Morgan fingerprint density at radius 2 is 2.07 bits per heavy atom. The van der Waals surface area contributed by atoms with Gasteiger partial charge in [-0.1, -0.05) is 6.92 Å². The van der Waals surface area contributed by atoms with Crippen molar-refractivity contribution in [3.05, 3.63) is 0 Å². The van der Waals surface area contributed by atoms with Crippen molar-refractivity contribution in [3.63, 3.8) is 0 Å². The van der Waals surface area contributed by atoms with Gasteiger partial charge in [0.15, 0.2) is 0 Å². The van der Waals surface area contributed by atoms with E-state index in [4.69, 9.17) is 5.26 Å². The second kappa shape index (κ2) is 7.24. The maximum Gasteiger partial charge on any atom is 0.226 e. The first-order chi connectivity index (χ1) is 7.04. The third-order valence-corrected chi connectivity index (χ3v) is 2.30. The maximum atomic E-state index is 12.0. The molecule has 0 aliphatic carbocycles. The van der Waals surface area contributed by atoms with E-state index in [-0.39, 0.29) is 17.9 Å². The summed E-state index contributed by atoms with van der Waals surface area (Å²) in [5.74, 6) is 0.0886. The Kier molecular flexibility index (Phi) is 6.72. The second-order valence-electron chi connectivity index (χ2n) is 3.99. The summed E-state index contributed by atoms with van der Waals surface area (Å²) in [5, 5.41) is 11.5. The fraction of sp³-hybridized carbons (Fsp3) is 0.818. The summed E-state index contributed by atoms with van der Waals surface area (Å²) in [6.07, 6.45) is 0.399. The van der Waals surface area contributed by atoms with Gasteiger partial charge in [0, 0.05) is 25.0 Å². The van der Waals surface area contributed by atoms with E-state index in [2.05, 4.69) is 11.4 Å². The van der Waals surface area contributed by atoms with Crippen LogP contribution in [0.25, 0.3) is 0 Å². The Morgan fingerprint density at radius 1 is 1.47 bits per heavy atom. The van der Waals surface area contributed by atoms with Crippen LogP contribution >= 0.6 is 0 Å². The standard InChI is InChI=1S/C11H21N3O/c1-9(2)14(7-5-6-12)11(15)10(3)8-13-4/h9-10,13H,5,7-8H2,1-4H3. The highest BCUT2D eigenvalue weighted by molar-refractivity contribution is 5.79. The van der Waals surface area contributed by atoms with Gasteiger partial charge in [0.2, 0.25) is 5.91 Å². The summed E-state index contributed by atoms with van der Waals surface area (Å²) >= 11 is 0. The molecule has 4 nitrogen and oxygen atoms in total. The number of amides is 1. The molecule has 0 fully saturated rings. The van der Waals surface area contributed by atoms with E-state index in [9.17, 15) is 4.79 Å². The molecule has 0 aromatic carbocycles. The van der Waals surface area contributed by atoms with E-state index >= 15 is 0 Å². The zero-order valence-corrected chi connectivity index (χ0v) is 10.1. The van der Waals surface area contributed by atoms with E-state index in [1.165, 1.54) is 0 Å². The Bertz CT molecular complexity index is 232. The van der Waals surface area contributed by atoms with Crippen LogP contribution in [0, 0.1) is 17.2 Å². The number of hydrogen-bond donors (Lipinski definition) is 1. The Balaban J connectivity index is 4.35. The van der Waals surface area contributed by atoms with Gasteiger partial charge in [-0.25, -0.2) is 0 Å². The Hall–Kier alpha value is -1.08. The van der Waals surface area contributed by atoms with Crippen LogP contribution in [0.4, 0.5) is 0 Å². The lowest BCUT2D eigenvalue weighted by Crippen LogP contribution is -2.43. The van der Waals surface area contributed by atoms with Gasteiger partial charge in [0.05, 0.1) is 12.5 Å². The van der Waals surface area contributed by atoms with Crippen LogP contribution in [0.5, 0.6) is 0 Å². The lowest BCUT2D eigenvalue weighted by molar-refractivity contribution is -0.136. The molecule has 86 valence electrons. The molecule has 0 spiro atoms. The third-order valence-electron chi connectivity index (χ3n) is 2.30. The van der Waals surface area contributed by atoms with Gasteiger partial charge in [-0.3, -0.25) is 4.79 Å². The lowest BCUT2D eigenvalue weighted by Gasteiger charge is -2.28. The molecule has 0 radical (unpaired) electrons. The SMILES string of the molecule is CNCC(C)C(=O)N(CCC#N)C(C)C. The van der Waals surface area contributed by atoms with Gasteiger partial charge in [-0.15, -0.1) is 0 Å². The molecule has 0 saturated heterocycles. The predicted octanol–water partition coefficient (Wildman–Crippen LogP) is 0.993. The van der Waals surface area contributed by atoms with Crippen molar-refractivity contribution in [1.82, 2.24) is 10.2 Å². The van der Waals surface area contributed by atoms with Gasteiger partial charge < -0.3 is 10.2 Å². The third kappa shape index (κ3) is 4.80. The molecule has 1 unspecified atom stereocenters. The fourth-order valence-electron chi connectivity index (χ4n) is 1.47. The normalized spacial score (nSPS) is 12.3. The molecule has 0 bridgehead atoms. The molecule has 0 aliphatic rings. The Morgan fingerprint density at radius 3 is 2.47 bits per heavy atom. The predicted molar refractivity (Wildman–Crippen MR) is 60.2 cm³/mol. The van der Waals surface area contributed by atoms with Gasteiger partial charge in [-0.2, -0.15) is 5.26 Å². The number of carbonyl (C=O) groups is 1. The molecule has 1 N–H and O–H groups in total. The van der Waals surface area contributed by atoms with Gasteiger partial charge in [0.1, 0.15) is 0 Å². The number of carbonyl (C=O) groups excluding carboxylic acids is 1. The van der Waals surface area contributed by atoms with Gasteiger partial charge in [-0.05, 0) is 20.9 Å². The van der Waals surface area contributed by atoms with Gasteiger partial charge in [0.25, 0.3) is 0 Å². The van der Waals surface area contributed by atoms with Crippen LogP contribution in [0.15, 0.2) is 0 Å². The molecule has 1 amide bonds. The van der Waals surface area contributed by atoms with Crippen LogP contribution < -0.4 is 5.32 Å². The van der Waals surface area contributed by atoms with Crippen molar-refractivity contribution >= 4 is 5.91 Å². The van der Waals surface area contributed by atoms with Crippen LogP contribution in [0.3, 0.4) is 0 Å². The molecular weight excluding hydrogens is 190 g/mol. The van der Waals surface area contributed by atoms with Crippen molar-refractivity contribution in [2.45, 2.75) is 33.2 Å². The fourth-order valence-corrected chi connectivity index (χ4v) is 1.47. The highest BCUT2D eigenvalue weighted by Crippen LogP contribution is 2.07. The first kappa shape index (κ1) is 13.9. The zero-order chi connectivity index (χ0) is 11.8. The molecule has 0 aromatic rings. The smallest absolute Gasteiger partial charge is 0.226 e.